The molecule has 2 rings (SSSR count). The molecule has 0 saturated heterocycles. The van der Waals surface area contributed by atoms with Gasteiger partial charge in [-0.1, -0.05) is 50.9 Å². The van der Waals surface area contributed by atoms with Crippen LogP contribution in [0.25, 0.3) is 0 Å². The van der Waals surface area contributed by atoms with Crippen molar-refractivity contribution in [1.29, 1.82) is 0 Å². The Morgan fingerprint density at radius 1 is 0.867 bits per heavy atom. The zero-order valence-electron chi connectivity index (χ0n) is 16.5. The summed E-state index contributed by atoms with van der Waals surface area (Å²) in [7, 11) is 0. The Balaban J connectivity index is 2.03. The number of rotatable bonds is 9. The van der Waals surface area contributed by atoms with Crippen molar-refractivity contribution in [3.05, 3.63) is 64.2 Å². The molecule has 30 heavy (non-hydrogen) atoms. The summed E-state index contributed by atoms with van der Waals surface area (Å²) in [6.07, 6.45) is 6.86. The van der Waals surface area contributed by atoms with E-state index in [9.17, 15) is 22.4 Å². The van der Waals surface area contributed by atoms with Crippen LogP contribution in [-0.2, 0) is 0 Å². The van der Waals surface area contributed by atoms with Crippen molar-refractivity contribution in [2.75, 3.05) is 6.61 Å². The average molecular weight is 422 g/mol. The lowest BCUT2D eigenvalue weighted by Gasteiger charge is -2.06. The molecule has 0 bridgehead atoms. The van der Waals surface area contributed by atoms with Crippen molar-refractivity contribution < 1.29 is 32.2 Å². The molecule has 1 N–H and O–H groups in total. The molecule has 0 amide bonds. The monoisotopic (exact) mass is 422 g/mol. The van der Waals surface area contributed by atoms with Gasteiger partial charge in [0.1, 0.15) is 16.9 Å². The van der Waals surface area contributed by atoms with Gasteiger partial charge in [0.2, 0.25) is 0 Å². The zero-order chi connectivity index (χ0) is 22.1. The molecule has 0 heterocycles. The van der Waals surface area contributed by atoms with Crippen molar-refractivity contribution in [2.45, 2.75) is 45.4 Å². The van der Waals surface area contributed by atoms with Gasteiger partial charge in [-0.15, -0.1) is 0 Å². The minimum absolute atomic E-state index is 0.337. The molecule has 0 fully saturated rings. The van der Waals surface area contributed by atoms with Crippen molar-refractivity contribution in [3.8, 4) is 17.6 Å². The molecule has 0 unspecified atom stereocenters. The molecule has 7 heteroatoms. The molecule has 2 aromatic carbocycles. The maximum atomic E-state index is 13.9. The van der Waals surface area contributed by atoms with Gasteiger partial charge in [-0.2, -0.15) is 0 Å². The molecule has 3 nitrogen and oxygen atoms in total. The largest absolute Gasteiger partial charge is 0.494 e. The molecule has 2 aromatic rings. The van der Waals surface area contributed by atoms with Gasteiger partial charge >= 0.3 is 5.97 Å². The van der Waals surface area contributed by atoms with Crippen molar-refractivity contribution in [1.82, 2.24) is 0 Å². The lowest BCUT2D eigenvalue weighted by atomic mass is 10.1. The van der Waals surface area contributed by atoms with Crippen LogP contribution in [0.5, 0.6) is 5.75 Å². The van der Waals surface area contributed by atoms with Gasteiger partial charge in [-0.25, -0.2) is 22.4 Å². The van der Waals surface area contributed by atoms with E-state index < -0.39 is 40.4 Å². The van der Waals surface area contributed by atoms with Crippen LogP contribution >= 0.6 is 0 Å². The van der Waals surface area contributed by atoms with Gasteiger partial charge in [0, 0.05) is 5.56 Å². The molecule has 0 spiro atoms. The van der Waals surface area contributed by atoms with Gasteiger partial charge in [-0.3, -0.25) is 0 Å². The Labute approximate surface area is 172 Å². The van der Waals surface area contributed by atoms with Crippen LogP contribution < -0.4 is 4.74 Å². The second-order valence-corrected chi connectivity index (χ2v) is 6.70. The summed E-state index contributed by atoms with van der Waals surface area (Å²) in [5.41, 5.74) is -2.52. The smallest absolute Gasteiger partial charge is 0.341 e. The molecule has 160 valence electrons. The Morgan fingerprint density at radius 2 is 1.43 bits per heavy atom. The standard InChI is InChI=1S/C23H22F4O3/c1-2-3-4-5-6-7-14-30-16-11-8-15(9-12-16)10-13-17-19(24)21(26)18(23(28)29)22(27)20(17)25/h8-9,11-12H,2-7,14H2,1H3,(H,28,29). The Hall–Kier alpha value is -3.01. The first kappa shape index (κ1) is 23.3. The molecular weight excluding hydrogens is 400 g/mol. The fourth-order valence-electron chi connectivity index (χ4n) is 2.77. The number of halogens is 4. The van der Waals surface area contributed by atoms with E-state index in [4.69, 9.17) is 9.84 Å². The number of hydrogen-bond acceptors (Lipinski definition) is 2. The van der Waals surface area contributed by atoms with Crippen LogP contribution in [0, 0.1) is 35.1 Å². The molecule has 0 atom stereocenters. The van der Waals surface area contributed by atoms with E-state index in [0.29, 0.717) is 17.9 Å². The van der Waals surface area contributed by atoms with E-state index in [1.807, 2.05) is 5.92 Å². The summed E-state index contributed by atoms with van der Waals surface area (Å²) in [4.78, 5) is 10.8. The molecule has 0 radical (unpaired) electrons. The molecule has 0 aliphatic carbocycles. The SMILES string of the molecule is CCCCCCCCOc1ccc(C#Cc2c(F)c(F)c(C(=O)O)c(F)c2F)cc1. The van der Waals surface area contributed by atoms with E-state index in [1.54, 1.807) is 12.1 Å². The third-order valence-corrected chi connectivity index (χ3v) is 4.43. The minimum atomic E-state index is -2.11. The molecule has 0 aliphatic rings. The van der Waals surface area contributed by atoms with Gasteiger partial charge in [0.15, 0.2) is 23.3 Å². The van der Waals surface area contributed by atoms with Crippen LogP contribution in [0.15, 0.2) is 24.3 Å². The van der Waals surface area contributed by atoms with E-state index in [1.165, 1.54) is 37.8 Å². The Bertz CT molecular complexity index is 915. The van der Waals surface area contributed by atoms with Crippen molar-refractivity contribution in [2.24, 2.45) is 0 Å². The fourth-order valence-corrected chi connectivity index (χ4v) is 2.77. The summed E-state index contributed by atoms with van der Waals surface area (Å²) >= 11 is 0. The second kappa shape index (κ2) is 11.2. The number of unbranched alkanes of at least 4 members (excludes halogenated alkanes) is 5. The average Bonchev–Trinajstić information content (AvgIpc) is 2.72. The maximum absolute atomic E-state index is 13.9. The number of carboxylic acid groups (broad SMARTS) is 1. The number of hydrogen-bond donors (Lipinski definition) is 1. The number of benzene rings is 2. The van der Waals surface area contributed by atoms with E-state index in [0.717, 1.165) is 12.8 Å². The Kier molecular flexibility index (Phi) is 8.72. The molecule has 0 saturated carbocycles. The predicted molar refractivity (Wildman–Crippen MR) is 105 cm³/mol. The van der Waals surface area contributed by atoms with Crippen molar-refractivity contribution >= 4 is 5.97 Å². The van der Waals surface area contributed by atoms with Crippen LogP contribution in [0.4, 0.5) is 17.6 Å². The highest BCUT2D eigenvalue weighted by molar-refractivity contribution is 5.88. The quantitative estimate of drug-likeness (QED) is 0.231. The zero-order valence-corrected chi connectivity index (χ0v) is 16.5. The van der Waals surface area contributed by atoms with Crippen LogP contribution in [0.3, 0.4) is 0 Å². The highest BCUT2D eigenvalue weighted by atomic mass is 19.2. The summed E-state index contributed by atoms with van der Waals surface area (Å²) < 4.78 is 60.9. The summed E-state index contributed by atoms with van der Waals surface area (Å²) in [5.74, 6) is -4.77. The normalized spacial score (nSPS) is 10.4. The fraction of sp³-hybridized carbons (Fsp3) is 0.348. The van der Waals surface area contributed by atoms with Gasteiger partial charge in [0.25, 0.3) is 0 Å². The number of aromatic carboxylic acids is 1. The van der Waals surface area contributed by atoms with E-state index >= 15 is 0 Å². The highest BCUT2D eigenvalue weighted by Gasteiger charge is 2.28. The van der Waals surface area contributed by atoms with Gasteiger partial charge < -0.3 is 9.84 Å². The lowest BCUT2D eigenvalue weighted by molar-refractivity contribution is 0.0683. The van der Waals surface area contributed by atoms with Gasteiger partial charge in [0.05, 0.1) is 6.61 Å². The third kappa shape index (κ3) is 5.99. The van der Waals surface area contributed by atoms with E-state index in [-0.39, 0.29) is 0 Å². The predicted octanol–water partition coefficient (Wildman–Crippen LogP) is 6.08. The first-order valence-electron chi connectivity index (χ1n) is 9.70. The number of carbonyl (C=O) groups is 1. The molecule has 0 aliphatic heterocycles. The minimum Gasteiger partial charge on any atom is -0.494 e. The number of ether oxygens (including phenoxy) is 1. The van der Waals surface area contributed by atoms with Crippen molar-refractivity contribution in [3.63, 3.8) is 0 Å². The molecular formula is C23H22F4O3. The topological polar surface area (TPSA) is 46.5 Å². The summed E-state index contributed by atoms with van der Waals surface area (Å²) in [5, 5.41) is 8.68. The number of carboxylic acids is 1. The third-order valence-electron chi connectivity index (χ3n) is 4.43. The lowest BCUT2D eigenvalue weighted by Crippen LogP contribution is -2.11. The summed E-state index contributed by atoms with van der Waals surface area (Å²) in [6.45, 7) is 2.73. The second-order valence-electron chi connectivity index (χ2n) is 6.70. The van der Waals surface area contributed by atoms with Crippen LogP contribution in [0.2, 0.25) is 0 Å². The first-order valence-corrected chi connectivity index (χ1v) is 9.70. The van der Waals surface area contributed by atoms with Gasteiger partial charge in [-0.05, 0) is 30.7 Å². The van der Waals surface area contributed by atoms with Crippen LogP contribution in [0.1, 0.15) is 66.9 Å². The van der Waals surface area contributed by atoms with Crippen LogP contribution in [-0.4, -0.2) is 17.7 Å². The maximum Gasteiger partial charge on any atom is 0.341 e. The first-order chi connectivity index (χ1) is 14.4. The Morgan fingerprint density at radius 3 is 2.00 bits per heavy atom. The van der Waals surface area contributed by atoms with E-state index in [2.05, 4.69) is 12.8 Å². The molecule has 0 aromatic heterocycles. The summed E-state index contributed by atoms with van der Waals surface area (Å²) in [6, 6.07) is 6.33. The highest BCUT2D eigenvalue weighted by Crippen LogP contribution is 2.24.